The van der Waals surface area contributed by atoms with Crippen molar-refractivity contribution in [3.05, 3.63) is 36.2 Å². The molecule has 0 heterocycles. The molecule has 1 nitrogen and oxygen atoms in total. The van der Waals surface area contributed by atoms with Crippen LogP contribution in [-0.2, 0) is 0 Å². The third kappa shape index (κ3) is 4.43. The van der Waals surface area contributed by atoms with Crippen LogP contribution in [0.2, 0.25) is 0 Å². The first-order valence-corrected chi connectivity index (χ1v) is 6.03. The fraction of sp³-hybridized carbons (Fsp3) is 0.571. The third-order valence-corrected chi connectivity index (χ3v) is 3.22. The number of nitrogens with two attached hydrogens (primary N) is 1. The Kier molecular flexibility index (Phi) is 5.06. The van der Waals surface area contributed by atoms with Crippen molar-refractivity contribution in [1.82, 2.24) is 0 Å². The Morgan fingerprint density at radius 2 is 2.29 bits per heavy atom. The van der Waals surface area contributed by atoms with Crippen molar-refractivity contribution in [3.8, 4) is 0 Å². The van der Waals surface area contributed by atoms with Crippen LogP contribution in [0.15, 0.2) is 36.2 Å². The molecule has 1 aliphatic rings. The molecule has 0 aromatic carbocycles. The van der Waals surface area contributed by atoms with E-state index in [9.17, 15) is 8.78 Å². The molecule has 0 radical (unpaired) electrons. The summed E-state index contributed by atoms with van der Waals surface area (Å²) in [5, 5.41) is 0. The van der Waals surface area contributed by atoms with E-state index in [0.717, 1.165) is 18.4 Å². The SMILES string of the molecule is C=C/C(C)=C\C(=C\F)CC1(F)CCCC(N)C1. The van der Waals surface area contributed by atoms with E-state index < -0.39 is 5.67 Å². The van der Waals surface area contributed by atoms with Gasteiger partial charge in [-0.1, -0.05) is 24.3 Å². The number of alkyl halides is 1. The topological polar surface area (TPSA) is 26.0 Å². The van der Waals surface area contributed by atoms with Gasteiger partial charge in [-0.15, -0.1) is 0 Å². The maximum Gasteiger partial charge on any atom is 0.116 e. The Labute approximate surface area is 102 Å². The Hall–Kier alpha value is -0.960. The van der Waals surface area contributed by atoms with E-state index in [1.165, 1.54) is 0 Å². The van der Waals surface area contributed by atoms with Crippen LogP contribution in [0, 0.1) is 0 Å². The standard InChI is InChI=1S/C14H21F2N/c1-3-11(2)7-12(10-15)8-14(16)6-4-5-13(17)9-14/h3,7,10,13H,1,4-6,8-9,17H2,2H3/b11-7-,12-10-. The average Bonchev–Trinajstić information content (AvgIpc) is 2.27. The Balaban J connectivity index is 2.71. The first-order valence-electron chi connectivity index (χ1n) is 6.03. The van der Waals surface area contributed by atoms with Crippen molar-refractivity contribution in [1.29, 1.82) is 0 Å². The van der Waals surface area contributed by atoms with Gasteiger partial charge < -0.3 is 5.73 Å². The van der Waals surface area contributed by atoms with Crippen LogP contribution in [-0.4, -0.2) is 11.7 Å². The maximum atomic E-state index is 14.5. The zero-order chi connectivity index (χ0) is 12.9. The predicted molar refractivity (Wildman–Crippen MR) is 68.0 cm³/mol. The lowest BCUT2D eigenvalue weighted by atomic mass is 9.79. The first kappa shape index (κ1) is 14.1. The molecule has 0 amide bonds. The van der Waals surface area contributed by atoms with Crippen molar-refractivity contribution in [2.24, 2.45) is 5.73 Å². The third-order valence-electron chi connectivity index (χ3n) is 3.22. The van der Waals surface area contributed by atoms with E-state index in [1.54, 1.807) is 12.2 Å². The monoisotopic (exact) mass is 241 g/mol. The molecule has 2 unspecified atom stereocenters. The molecule has 0 spiro atoms. The van der Waals surface area contributed by atoms with E-state index in [-0.39, 0.29) is 12.5 Å². The molecule has 0 aromatic heterocycles. The van der Waals surface area contributed by atoms with Gasteiger partial charge in [0.1, 0.15) is 5.67 Å². The summed E-state index contributed by atoms with van der Waals surface area (Å²) < 4.78 is 27.2. The predicted octanol–water partition coefficient (Wildman–Crippen LogP) is 3.97. The minimum atomic E-state index is -1.35. The average molecular weight is 241 g/mol. The lowest BCUT2D eigenvalue weighted by Crippen LogP contribution is -2.38. The molecule has 0 bridgehead atoms. The van der Waals surface area contributed by atoms with E-state index >= 15 is 0 Å². The van der Waals surface area contributed by atoms with Crippen LogP contribution in [0.5, 0.6) is 0 Å². The van der Waals surface area contributed by atoms with Gasteiger partial charge in [0.05, 0.1) is 6.33 Å². The van der Waals surface area contributed by atoms with Gasteiger partial charge in [0, 0.05) is 12.5 Å². The molecule has 96 valence electrons. The van der Waals surface area contributed by atoms with Crippen LogP contribution in [0.25, 0.3) is 0 Å². The molecule has 1 saturated carbocycles. The zero-order valence-corrected chi connectivity index (χ0v) is 10.4. The van der Waals surface area contributed by atoms with Crippen LogP contribution in [0.4, 0.5) is 8.78 Å². The van der Waals surface area contributed by atoms with Crippen LogP contribution >= 0.6 is 0 Å². The van der Waals surface area contributed by atoms with Crippen molar-refractivity contribution >= 4 is 0 Å². The normalized spacial score (nSPS) is 31.4. The molecule has 2 atom stereocenters. The highest BCUT2D eigenvalue weighted by Gasteiger charge is 2.35. The summed E-state index contributed by atoms with van der Waals surface area (Å²) >= 11 is 0. The maximum absolute atomic E-state index is 14.5. The van der Waals surface area contributed by atoms with E-state index in [2.05, 4.69) is 6.58 Å². The molecule has 1 rings (SSSR count). The smallest absolute Gasteiger partial charge is 0.116 e. The van der Waals surface area contributed by atoms with Crippen molar-refractivity contribution < 1.29 is 8.78 Å². The quantitative estimate of drug-likeness (QED) is 0.740. The van der Waals surface area contributed by atoms with E-state index in [0.29, 0.717) is 24.7 Å². The highest BCUT2D eigenvalue weighted by Crippen LogP contribution is 2.37. The van der Waals surface area contributed by atoms with Crippen LogP contribution in [0.1, 0.15) is 39.0 Å². The summed E-state index contributed by atoms with van der Waals surface area (Å²) in [7, 11) is 0. The second kappa shape index (κ2) is 6.10. The molecular formula is C14H21F2N. The van der Waals surface area contributed by atoms with Crippen molar-refractivity contribution in [3.63, 3.8) is 0 Å². The number of halogens is 2. The number of hydrogen-bond acceptors (Lipinski definition) is 1. The van der Waals surface area contributed by atoms with Gasteiger partial charge >= 0.3 is 0 Å². The Bertz CT molecular complexity index is 333. The molecule has 1 aliphatic carbocycles. The summed E-state index contributed by atoms with van der Waals surface area (Å²) in [6.07, 6.45) is 6.28. The fourth-order valence-corrected chi connectivity index (χ4v) is 2.35. The molecule has 0 aromatic rings. The molecule has 2 N–H and O–H groups in total. The first-order chi connectivity index (χ1) is 7.99. The van der Waals surface area contributed by atoms with Crippen LogP contribution < -0.4 is 5.73 Å². The zero-order valence-electron chi connectivity index (χ0n) is 10.4. The lowest BCUT2D eigenvalue weighted by Gasteiger charge is -2.33. The highest BCUT2D eigenvalue weighted by atomic mass is 19.1. The van der Waals surface area contributed by atoms with Crippen molar-refractivity contribution in [2.45, 2.75) is 50.7 Å². The minimum absolute atomic E-state index is 0.0981. The van der Waals surface area contributed by atoms with Gasteiger partial charge in [0.2, 0.25) is 0 Å². The summed E-state index contributed by atoms with van der Waals surface area (Å²) in [5.41, 5.74) is 5.62. The number of rotatable bonds is 4. The summed E-state index contributed by atoms with van der Waals surface area (Å²) in [6.45, 7) is 5.41. The molecule has 0 saturated heterocycles. The molecule has 0 aliphatic heterocycles. The number of hydrogen-bond donors (Lipinski definition) is 1. The summed E-state index contributed by atoms with van der Waals surface area (Å²) in [6, 6.07) is -0.0981. The van der Waals surface area contributed by atoms with E-state index in [4.69, 9.17) is 5.73 Å². The second-order valence-corrected chi connectivity index (χ2v) is 4.96. The summed E-state index contributed by atoms with van der Waals surface area (Å²) in [5.74, 6) is 0. The Morgan fingerprint density at radius 1 is 1.59 bits per heavy atom. The van der Waals surface area contributed by atoms with Gasteiger partial charge in [-0.25, -0.2) is 8.78 Å². The molecular weight excluding hydrogens is 220 g/mol. The largest absolute Gasteiger partial charge is 0.328 e. The molecule has 17 heavy (non-hydrogen) atoms. The second-order valence-electron chi connectivity index (χ2n) is 4.96. The van der Waals surface area contributed by atoms with Gasteiger partial charge in [-0.2, -0.15) is 0 Å². The lowest BCUT2D eigenvalue weighted by molar-refractivity contribution is 0.0970. The van der Waals surface area contributed by atoms with Gasteiger partial charge in [-0.05, 0) is 38.2 Å². The van der Waals surface area contributed by atoms with E-state index in [1.807, 2.05) is 6.92 Å². The van der Waals surface area contributed by atoms with Crippen LogP contribution in [0.3, 0.4) is 0 Å². The fourth-order valence-electron chi connectivity index (χ4n) is 2.35. The van der Waals surface area contributed by atoms with Gasteiger partial charge in [0.15, 0.2) is 0 Å². The minimum Gasteiger partial charge on any atom is -0.328 e. The molecule has 3 heteroatoms. The van der Waals surface area contributed by atoms with Crippen molar-refractivity contribution in [2.75, 3.05) is 0 Å². The molecule has 1 fully saturated rings. The Morgan fingerprint density at radius 3 is 2.82 bits per heavy atom. The van der Waals surface area contributed by atoms with Gasteiger partial charge in [-0.3, -0.25) is 0 Å². The van der Waals surface area contributed by atoms with Gasteiger partial charge in [0.25, 0.3) is 0 Å². The highest BCUT2D eigenvalue weighted by molar-refractivity contribution is 5.28. The number of allylic oxidation sites excluding steroid dienone is 4. The summed E-state index contributed by atoms with van der Waals surface area (Å²) in [4.78, 5) is 0.